The number of ether oxygens (including phenoxy) is 2. The fraction of sp³-hybridized carbons (Fsp3) is 0.200. The Balaban J connectivity index is 2.29. The minimum Gasteiger partial charge on any atom is -0.496 e. The van der Waals surface area contributed by atoms with Crippen molar-refractivity contribution >= 4 is 11.9 Å². The minimum atomic E-state index is -0.363. The summed E-state index contributed by atoms with van der Waals surface area (Å²) in [4.78, 5) is 12.6. The molecule has 0 radical (unpaired) electrons. The zero-order valence-corrected chi connectivity index (χ0v) is 13.9. The summed E-state index contributed by atoms with van der Waals surface area (Å²) < 4.78 is 10.8. The molecule has 4 nitrogen and oxygen atoms in total. The van der Waals surface area contributed by atoms with Crippen LogP contribution in [-0.4, -0.2) is 19.0 Å². The van der Waals surface area contributed by atoms with Gasteiger partial charge in [0, 0.05) is 0 Å². The Morgan fingerprint density at radius 2 is 1.79 bits per heavy atom. The van der Waals surface area contributed by atoms with Crippen LogP contribution >= 0.6 is 0 Å². The van der Waals surface area contributed by atoms with Crippen molar-refractivity contribution in [2.24, 2.45) is 0 Å². The number of methoxy groups -OCH3 is 1. The summed E-state index contributed by atoms with van der Waals surface area (Å²) in [6, 6.07) is 16.1. The van der Waals surface area contributed by atoms with E-state index >= 15 is 0 Å². The molecule has 24 heavy (non-hydrogen) atoms. The maximum atomic E-state index is 12.6. The maximum Gasteiger partial charge on any atom is 0.207 e. The second-order valence-electron chi connectivity index (χ2n) is 5.43. The number of hydrogen-bond acceptors (Lipinski definition) is 4. The Morgan fingerprint density at radius 1 is 1.12 bits per heavy atom. The monoisotopic (exact) mass is 321 g/mol. The van der Waals surface area contributed by atoms with Crippen LogP contribution in [0.3, 0.4) is 0 Å². The summed E-state index contributed by atoms with van der Waals surface area (Å²) in [6.07, 6.45) is 1.65. The Hall–Kier alpha value is -3.06. The molecule has 2 rings (SSSR count). The van der Waals surface area contributed by atoms with Crippen LogP contribution in [0.1, 0.15) is 29.8 Å². The minimum absolute atomic E-state index is 0.0528. The number of benzene rings is 2. The standard InChI is InChI=1S/C20H19NO3/c1-14(2)24-17-10-8-15(9-11-17)12-16(13-21)20(22)18-6-4-5-7-19(18)23-3/h4-12,14H,1-3H3/b16-12-. The van der Waals surface area contributed by atoms with E-state index in [0.717, 1.165) is 11.3 Å². The first-order valence-electron chi connectivity index (χ1n) is 7.61. The number of ketones is 1. The van der Waals surface area contributed by atoms with Crippen molar-refractivity contribution in [2.45, 2.75) is 20.0 Å². The third kappa shape index (κ3) is 4.23. The summed E-state index contributed by atoms with van der Waals surface area (Å²) in [5, 5.41) is 9.35. The fourth-order valence-corrected chi connectivity index (χ4v) is 2.21. The van der Waals surface area contributed by atoms with Crippen molar-refractivity contribution in [1.82, 2.24) is 0 Å². The van der Waals surface area contributed by atoms with Gasteiger partial charge in [-0.3, -0.25) is 4.79 Å². The second-order valence-corrected chi connectivity index (χ2v) is 5.43. The van der Waals surface area contributed by atoms with Crippen molar-refractivity contribution in [3.8, 4) is 17.6 Å². The van der Waals surface area contributed by atoms with Crippen LogP contribution in [0, 0.1) is 11.3 Å². The number of carbonyl (C=O) groups excluding carboxylic acids is 1. The van der Waals surface area contributed by atoms with Crippen molar-refractivity contribution in [3.05, 3.63) is 65.2 Å². The molecule has 0 bridgehead atoms. The molecule has 0 aromatic heterocycles. The first-order valence-corrected chi connectivity index (χ1v) is 7.61. The number of hydrogen-bond donors (Lipinski definition) is 0. The number of nitriles is 1. The number of rotatable bonds is 6. The number of carbonyl (C=O) groups is 1. The summed E-state index contributed by atoms with van der Waals surface area (Å²) in [7, 11) is 1.50. The maximum absolute atomic E-state index is 12.6. The van der Waals surface area contributed by atoms with Gasteiger partial charge in [0.05, 0.1) is 18.8 Å². The van der Waals surface area contributed by atoms with E-state index in [4.69, 9.17) is 9.47 Å². The zero-order chi connectivity index (χ0) is 17.5. The van der Waals surface area contributed by atoms with Crippen LogP contribution in [0.2, 0.25) is 0 Å². The SMILES string of the molecule is COc1ccccc1C(=O)/C(C#N)=C\c1ccc(OC(C)C)cc1. The smallest absolute Gasteiger partial charge is 0.207 e. The van der Waals surface area contributed by atoms with Gasteiger partial charge in [-0.1, -0.05) is 24.3 Å². The highest BCUT2D eigenvalue weighted by molar-refractivity contribution is 6.15. The van der Waals surface area contributed by atoms with Crippen molar-refractivity contribution in [3.63, 3.8) is 0 Å². The van der Waals surface area contributed by atoms with Gasteiger partial charge >= 0.3 is 0 Å². The highest BCUT2D eigenvalue weighted by atomic mass is 16.5. The van der Waals surface area contributed by atoms with Gasteiger partial charge in [0.25, 0.3) is 0 Å². The molecule has 122 valence electrons. The molecular formula is C20H19NO3. The Labute approximate surface area is 141 Å². The molecule has 4 heteroatoms. The predicted molar refractivity (Wildman–Crippen MR) is 93.1 cm³/mol. The van der Waals surface area contributed by atoms with Gasteiger partial charge in [0.1, 0.15) is 23.1 Å². The van der Waals surface area contributed by atoms with Gasteiger partial charge in [0.2, 0.25) is 5.78 Å². The van der Waals surface area contributed by atoms with Crippen molar-refractivity contribution in [2.75, 3.05) is 7.11 Å². The van der Waals surface area contributed by atoms with Crippen LogP contribution in [0.5, 0.6) is 11.5 Å². The Bertz CT molecular complexity index is 783. The average molecular weight is 321 g/mol. The third-order valence-corrected chi connectivity index (χ3v) is 3.28. The normalized spacial score (nSPS) is 11.0. The third-order valence-electron chi connectivity index (χ3n) is 3.28. The van der Waals surface area contributed by atoms with E-state index in [-0.39, 0.29) is 17.5 Å². The molecule has 0 fully saturated rings. The van der Waals surface area contributed by atoms with Gasteiger partial charge < -0.3 is 9.47 Å². The molecule has 0 N–H and O–H groups in total. The molecule has 0 aliphatic heterocycles. The highest BCUT2D eigenvalue weighted by Gasteiger charge is 2.16. The molecule has 0 spiro atoms. The van der Waals surface area contributed by atoms with Crippen LogP contribution in [0.15, 0.2) is 54.1 Å². The van der Waals surface area contributed by atoms with Crippen molar-refractivity contribution in [1.29, 1.82) is 5.26 Å². The molecule has 0 amide bonds. The van der Waals surface area contributed by atoms with Crippen LogP contribution in [0.25, 0.3) is 6.08 Å². The summed E-state index contributed by atoms with van der Waals surface area (Å²) in [6.45, 7) is 3.90. The van der Waals surface area contributed by atoms with E-state index in [1.54, 1.807) is 30.3 Å². The van der Waals surface area contributed by atoms with Gasteiger partial charge in [-0.05, 0) is 49.8 Å². The van der Waals surface area contributed by atoms with Crippen LogP contribution in [0.4, 0.5) is 0 Å². The van der Waals surface area contributed by atoms with E-state index < -0.39 is 0 Å². The first kappa shape index (κ1) is 17.3. The average Bonchev–Trinajstić information content (AvgIpc) is 2.60. The molecule has 2 aromatic rings. The molecular weight excluding hydrogens is 302 g/mol. The van der Waals surface area contributed by atoms with Gasteiger partial charge in [-0.15, -0.1) is 0 Å². The topological polar surface area (TPSA) is 59.3 Å². The van der Waals surface area contributed by atoms with E-state index in [1.165, 1.54) is 7.11 Å². The lowest BCUT2D eigenvalue weighted by Gasteiger charge is -2.09. The predicted octanol–water partition coefficient (Wildman–Crippen LogP) is 4.27. The molecule has 0 atom stereocenters. The van der Waals surface area contributed by atoms with Gasteiger partial charge in [-0.25, -0.2) is 0 Å². The highest BCUT2D eigenvalue weighted by Crippen LogP contribution is 2.22. The summed E-state index contributed by atoms with van der Waals surface area (Å²) in [5.74, 6) is 0.832. The molecule has 0 unspecified atom stereocenters. The largest absolute Gasteiger partial charge is 0.496 e. The Morgan fingerprint density at radius 3 is 2.38 bits per heavy atom. The number of Topliss-reactive ketones (excluding diaryl/α,β-unsaturated/α-hetero) is 1. The van der Waals surface area contributed by atoms with Gasteiger partial charge in [-0.2, -0.15) is 5.26 Å². The molecule has 0 heterocycles. The summed E-state index contributed by atoms with van der Waals surface area (Å²) >= 11 is 0. The van der Waals surface area contributed by atoms with Crippen LogP contribution in [-0.2, 0) is 0 Å². The Kier molecular flexibility index (Phi) is 5.75. The van der Waals surface area contributed by atoms with E-state index in [9.17, 15) is 10.1 Å². The number of allylic oxidation sites excluding steroid dienone is 1. The van der Waals surface area contributed by atoms with E-state index in [1.807, 2.05) is 44.2 Å². The number of nitrogens with zero attached hydrogens (tertiary/aromatic N) is 1. The van der Waals surface area contributed by atoms with E-state index in [2.05, 4.69) is 0 Å². The van der Waals surface area contributed by atoms with Crippen LogP contribution < -0.4 is 9.47 Å². The second kappa shape index (κ2) is 7.98. The first-order chi connectivity index (χ1) is 11.5. The van der Waals surface area contributed by atoms with E-state index in [0.29, 0.717) is 11.3 Å². The van der Waals surface area contributed by atoms with Gasteiger partial charge in [0.15, 0.2) is 0 Å². The zero-order valence-electron chi connectivity index (χ0n) is 13.9. The molecule has 0 aliphatic rings. The summed E-state index contributed by atoms with van der Waals surface area (Å²) in [5.41, 5.74) is 1.18. The number of para-hydroxylation sites is 1. The van der Waals surface area contributed by atoms with Crippen molar-refractivity contribution < 1.29 is 14.3 Å². The lowest BCUT2D eigenvalue weighted by molar-refractivity contribution is 0.103. The lowest BCUT2D eigenvalue weighted by atomic mass is 10.0. The quantitative estimate of drug-likeness (QED) is 0.453. The fourth-order valence-electron chi connectivity index (χ4n) is 2.21. The molecule has 2 aromatic carbocycles. The lowest BCUT2D eigenvalue weighted by Crippen LogP contribution is -2.05. The molecule has 0 saturated carbocycles. The molecule has 0 saturated heterocycles. The molecule has 0 aliphatic carbocycles.